The van der Waals surface area contributed by atoms with E-state index in [1.165, 1.54) is 12.1 Å². The van der Waals surface area contributed by atoms with Crippen molar-refractivity contribution in [3.8, 4) is 0 Å². The lowest BCUT2D eigenvalue weighted by Crippen LogP contribution is -2.01. The largest absolute Gasteiger partial charge is 0.302 e. The molecule has 0 atom stereocenters. The minimum absolute atomic E-state index is 0.110. The summed E-state index contributed by atoms with van der Waals surface area (Å²) < 4.78 is 0.269. The van der Waals surface area contributed by atoms with E-state index in [1.54, 1.807) is 6.92 Å². The lowest BCUT2D eigenvalue weighted by atomic mass is 10.1. The van der Waals surface area contributed by atoms with Crippen molar-refractivity contribution in [2.45, 2.75) is 13.3 Å². The molecule has 0 radical (unpaired) electrons. The molecule has 0 saturated carbocycles. The van der Waals surface area contributed by atoms with Crippen LogP contribution >= 0.6 is 27.5 Å². The zero-order valence-corrected chi connectivity index (χ0v) is 10.1. The van der Waals surface area contributed by atoms with Gasteiger partial charge in [-0.1, -0.05) is 18.5 Å². The van der Waals surface area contributed by atoms with Gasteiger partial charge in [-0.2, -0.15) is 0 Å². The number of rotatable bonds is 3. The van der Waals surface area contributed by atoms with Crippen molar-refractivity contribution in [2.24, 2.45) is 0 Å². The summed E-state index contributed by atoms with van der Waals surface area (Å²) in [4.78, 5) is 21.5. The third-order valence-corrected chi connectivity index (χ3v) is 2.89. The molecule has 0 aromatic heterocycles. The summed E-state index contributed by atoms with van der Waals surface area (Å²) in [6.45, 7) is 1.67. The molecule has 0 N–H and O–H groups in total. The summed E-state index contributed by atoms with van der Waals surface area (Å²) in [5.74, 6) is -0.212. The maximum Gasteiger partial charge on any atom is 0.302 e. The summed E-state index contributed by atoms with van der Waals surface area (Å²) in [6.07, 6.45) is 0.262. The van der Waals surface area contributed by atoms with Gasteiger partial charge in [0.2, 0.25) is 0 Å². The number of hydrogen-bond acceptors (Lipinski definition) is 3. The first-order chi connectivity index (χ1) is 6.99. The van der Waals surface area contributed by atoms with E-state index >= 15 is 0 Å². The molecule has 1 aromatic carbocycles. The van der Waals surface area contributed by atoms with Gasteiger partial charge >= 0.3 is 5.69 Å². The standard InChI is InChI=1S/C9H7BrClNO3/c1-2-7(13)5-3-4-6(10)9(8(5)11)12(14)15/h3-4H,2H2,1H3. The van der Waals surface area contributed by atoms with Crippen LogP contribution in [0.15, 0.2) is 16.6 Å². The summed E-state index contributed by atoms with van der Waals surface area (Å²) in [7, 11) is 0. The van der Waals surface area contributed by atoms with Crippen LogP contribution in [0.1, 0.15) is 23.7 Å². The average Bonchev–Trinajstić information content (AvgIpc) is 2.16. The van der Waals surface area contributed by atoms with Crippen LogP contribution in [0.5, 0.6) is 0 Å². The van der Waals surface area contributed by atoms with Gasteiger partial charge in [0.05, 0.1) is 9.40 Å². The van der Waals surface area contributed by atoms with Gasteiger partial charge in [-0.05, 0) is 28.1 Å². The minimum atomic E-state index is -0.612. The molecule has 0 bridgehead atoms. The van der Waals surface area contributed by atoms with Crippen LogP contribution in [0.25, 0.3) is 0 Å². The highest BCUT2D eigenvalue weighted by molar-refractivity contribution is 9.10. The van der Waals surface area contributed by atoms with E-state index in [9.17, 15) is 14.9 Å². The molecule has 0 heterocycles. The number of nitro groups is 1. The summed E-state index contributed by atoms with van der Waals surface area (Å²) in [6, 6.07) is 2.93. The number of nitrogens with zero attached hydrogens (tertiary/aromatic N) is 1. The van der Waals surface area contributed by atoms with Crippen molar-refractivity contribution in [1.82, 2.24) is 0 Å². The van der Waals surface area contributed by atoms with E-state index < -0.39 is 4.92 Å². The fourth-order valence-corrected chi connectivity index (χ4v) is 2.04. The van der Waals surface area contributed by atoms with Crippen LogP contribution in [-0.4, -0.2) is 10.7 Å². The molecule has 0 aliphatic heterocycles. The first-order valence-electron chi connectivity index (χ1n) is 4.14. The zero-order valence-electron chi connectivity index (χ0n) is 7.79. The van der Waals surface area contributed by atoms with Gasteiger partial charge in [-0.3, -0.25) is 14.9 Å². The number of Topliss-reactive ketones (excluding diaryl/α,β-unsaturated/α-hetero) is 1. The van der Waals surface area contributed by atoms with Crippen molar-refractivity contribution in [1.29, 1.82) is 0 Å². The quantitative estimate of drug-likeness (QED) is 0.486. The molecule has 0 fully saturated rings. The second-order valence-corrected chi connectivity index (χ2v) is 4.02. The summed E-state index contributed by atoms with van der Waals surface area (Å²) in [5, 5.41) is 10.6. The Bertz CT molecular complexity index is 434. The van der Waals surface area contributed by atoms with Crippen LogP contribution in [0.3, 0.4) is 0 Å². The maximum absolute atomic E-state index is 11.4. The van der Waals surface area contributed by atoms with Gasteiger partial charge in [-0.15, -0.1) is 0 Å². The monoisotopic (exact) mass is 291 g/mol. The second-order valence-electron chi connectivity index (χ2n) is 2.79. The molecular formula is C9H7BrClNO3. The zero-order chi connectivity index (χ0) is 11.6. The lowest BCUT2D eigenvalue weighted by molar-refractivity contribution is -0.385. The highest BCUT2D eigenvalue weighted by atomic mass is 79.9. The van der Waals surface area contributed by atoms with Crippen molar-refractivity contribution < 1.29 is 9.72 Å². The number of nitro benzene ring substituents is 1. The normalized spacial score (nSPS) is 10.1. The van der Waals surface area contributed by atoms with Gasteiger partial charge in [0, 0.05) is 12.0 Å². The Hall–Kier alpha value is -0.940. The molecule has 80 valence electrons. The van der Waals surface area contributed by atoms with E-state index in [1.807, 2.05) is 0 Å². The fraction of sp³-hybridized carbons (Fsp3) is 0.222. The van der Waals surface area contributed by atoms with Gasteiger partial charge < -0.3 is 0 Å². The molecular weight excluding hydrogens is 285 g/mol. The Morgan fingerprint density at radius 3 is 2.67 bits per heavy atom. The van der Waals surface area contributed by atoms with Crippen molar-refractivity contribution in [3.05, 3.63) is 37.3 Å². The fourth-order valence-electron chi connectivity index (χ4n) is 1.11. The number of hydrogen-bond donors (Lipinski definition) is 0. The Morgan fingerprint density at radius 2 is 2.20 bits per heavy atom. The predicted molar refractivity (Wildman–Crippen MR) is 60.4 cm³/mol. The summed E-state index contributed by atoms with van der Waals surface area (Å²) >= 11 is 8.81. The molecule has 0 saturated heterocycles. The topological polar surface area (TPSA) is 60.2 Å². The molecule has 1 rings (SSSR count). The van der Waals surface area contributed by atoms with Gasteiger partial charge in [0.1, 0.15) is 5.02 Å². The van der Waals surface area contributed by atoms with Crippen LogP contribution in [0, 0.1) is 10.1 Å². The van der Waals surface area contributed by atoms with Crippen molar-refractivity contribution in [2.75, 3.05) is 0 Å². The van der Waals surface area contributed by atoms with E-state index in [2.05, 4.69) is 15.9 Å². The Labute approximate surface area is 99.5 Å². The third-order valence-electron chi connectivity index (χ3n) is 1.87. The second kappa shape index (κ2) is 4.72. The van der Waals surface area contributed by atoms with E-state index in [0.717, 1.165) is 0 Å². The number of carbonyl (C=O) groups excluding carboxylic acids is 1. The first kappa shape index (κ1) is 12.1. The molecule has 0 spiro atoms. The Morgan fingerprint density at radius 1 is 1.60 bits per heavy atom. The predicted octanol–water partition coefficient (Wildman–Crippen LogP) is 3.60. The van der Waals surface area contributed by atoms with Crippen LogP contribution in [0.4, 0.5) is 5.69 Å². The first-order valence-corrected chi connectivity index (χ1v) is 5.31. The highest BCUT2D eigenvalue weighted by Crippen LogP contribution is 2.35. The van der Waals surface area contributed by atoms with Gasteiger partial charge in [-0.25, -0.2) is 0 Å². The molecule has 0 unspecified atom stereocenters. The Kier molecular flexibility index (Phi) is 3.82. The summed E-state index contributed by atoms with van der Waals surface area (Å²) in [5.41, 5.74) is -0.0787. The number of carbonyl (C=O) groups is 1. The molecule has 4 nitrogen and oxygen atoms in total. The van der Waals surface area contributed by atoms with E-state index in [0.29, 0.717) is 0 Å². The lowest BCUT2D eigenvalue weighted by Gasteiger charge is -2.03. The third kappa shape index (κ3) is 2.35. The van der Waals surface area contributed by atoms with Crippen molar-refractivity contribution >= 4 is 39.0 Å². The molecule has 0 aliphatic carbocycles. The molecule has 6 heteroatoms. The molecule has 15 heavy (non-hydrogen) atoms. The van der Waals surface area contributed by atoms with Crippen molar-refractivity contribution in [3.63, 3.8) is 0 Å². The Balaban J connectivity index is 3.41. The minimum Gasteiger partial charge on any atom is -0.294 e. The molecule has 0 amide bonds. The van der Waals surface area contributed by atoms with Crippen LogP contribution < -0.4 is 0 Å². The smallest absolute Gasteiger partial charge is 0.294 e. The highest BCUT2D eigenvalue weighted by Gasteiger charge is 2.22. The molecule has 1 aromatic rings. The van der Waals surface area contributed by atoms with Gasteiger partial charge in [0.15, 0.2) is 5.78 Å². The van der Waals surface area contributed by atoms with Crippen LogP contribution in [0.2, 0.25) is 5.02 Å². The maximum atomic E-state index is 11.4. The number of ketones is 1. The SMILES string of the molecule is CCC(=O)c1ccc(Br)c([N+](=O)[O-])c1Cl. The average molecular weight is 293 g/mol. The number of halogens is 2. The van der Waals surface area contributed by atoms with Gasteiger partial charge in [0.25, 0.3) is 0 Å². The van der Waals surface area contributed by atoms with E-state index in [4.69, 9.17) is 11.6 Å². The number of benzene rings is 1. The molecule has 0 aliphatic rings. The van der Waals surface area contributed by atoms with Crippen LogP contribution in [-0.2, 0) is 0 Å². The van der Waals surface area contributed by atoms with E-state index in [-0.39, 0.29) is 33.0 Å².